The molecule has 3 rings (SSSR count). The fraction of sp³-hybridized carbons (Fsp3) is 0.286. The van der Waals surface area contributed by atoms with Crippen LogP contribution in [0.15, 0.2) is 53.6 Å². The second kappa shape index (κ2) is 9.70. The molecule has 1 heterocycles. The highest BCUT2D eigenvalue weighted by molar-refractivity contribution is 7.97. The fourth-order valence-electron chi connectivity index (χ4n) is 2.55. The highest BCUT2D eigenvalue weighted by Gasteiger charge is 2.13. The summed E-state index contributed by atoms with van der Waals surface area (Å²) in [5, 5.41) is 1.22. The summed E-state index contributed by atoms with van der Waals surface area (Å²) in [5.41, 5.74) is 2.10. The molecular weight excluding hydrogens is 415 g/mol. The maximum absolute atomic E-state index is 6.13. The van der Waals surface area contributed by atoms with Gasteiger partial charge in [0.25, 0.3) is 0 Å². The Morgan fingerprint density at radius 3 is 2.32 bits per heavy atom. The minimum Gasteiger partial charge on any atom is -0.497 e. The van der Waals surface area contributed by atoms with Gasteiger partial charge in [0.2, 0.25) is 0 Å². The maximum Gasteiger partial charge on any atom is 0.145 e. The maximum atomic E-state index is 6.13. The Morgan fingerprint density at radius 2 is 1.71 bits per heavy atom. The van der Waals surface area contributed by atoms with Crippen LogP contribution in [0.3, 0.4) is 0 Å². The Morgan fingerprint density at radius 1 is 1.04 bits per heavy atom. The van der Waals surface area contributed by atoms with Crippen LogP contribution in [0.5, 0.6) is 5.75 Å². The number of imidazole rings is 1. The Bertz CT molecular complexity index is 906. The van der Waals surface area contributed by atoms with Crippen LogP contribution in [-0.2, 0) is 18.0 Å². The number of hydrogen-bond donors (Lipinski definition) is 0. The van der Waals surface area contributed by atoms with Crippen molar-refractivity contribution in [3.8, 4) is 5.75 Å². The number of halogens is 2. The summed E-state index contributed by atoms with van der Waals surface area (Å²) in [6.45, 7) is 5.15. The summed E-state index contributed by atoms with van der Waals surface area (Å²) in [7, 11) is 1.66. The summed E-state index contributed by atoms with van der Waals surface area (Å²) in [6.07, 6.45) is 2.04. The lowest BCUT2D eigenvalue weighted by Gasteiger charge is -2.09. The molecule has 0 aliphatic carbocycles. The molecule has 1 aromatic heterocycles. The van der Waals surface area contributed by atoms with Crippen LogP contribution in [0, 0.1) is 0 Å². The Hall–Kier alpha value is -1.66. The van der Waals surface area contributed by atoms with Gasteiger partial charge in [-0.15, -0.1) is 0 Å². The molecule has 4 nitrogen and oxygen atoms in total. The topological polar surface area (TPSA) is 36.3 Å². The summed E-state index contributed by atoms with van der Waals surface area (Å²) in [5.74, 6) is 2.00. The number of methoxy groups -OCH3 is 1. The molecule has 2 aromatic carbocycles. The van der Waals surface area contributed by atoms with Gasteiger partial charge in [-0.3, -0.25) is 3.97 Å². The van der Waals surface area contributed by atoms with Crippen molar-refractivity contribution < 1.29 is 9.47 Å². The summed E-state index contributed by atoms with van der Waals surface area (Å²) in [4.78, 5) is 5.69. The summed E-state index contributed by atoms with van der Waals surface area (Å²) >= 11 is 13.8. The third kappa shape index (κ3) is 5.67. The first-order chi connectivity index (χ1) is 13.4. The van der Waals surface area contributed by atoms with Gasteiger partial charge in [-0.1, -0.05) is 49.2 Å². The SMILES string of the molecule is COc1ccc(COCc2nc(C(C)C)cn2Sc2cc(Cl)cc(Cl)c2)cc1. The molecule has 0 N–H and O–H groups in total. The third-order valence-electron chi connectivity index (χ3n) is 4.05. The summed E-state index contributed by atoms with van der Waals surface area (Å²) in [6, 6.07) is 13.3. The van der Waals surface area contributed by atoms with E-state index >= 15 is 0 Å². The zero-order chi connectivity index (χ0) is 20.1. The van der Waals surface area contributed by atoms with Crippen molar-refractivity contribution in [3.63, 3.8) is 0 Å². The predicted octanol–water partition coefficient (Wildman–Crippen LogP) is 6.59. The molecule has 7 heteroatoms. The molecule has 0 aliphatic heterocycles. The van der Waals surface area contributed by atoms with Crippen LogP contribution >= 0.6 is 35.1 Å². The Kier molecular flexibility index (Phi) is 7.30. The zero-order valence-corrected chi connectivity index (χ0v) is 18.3. The molecule has 0 unspecified atom stereocenters. The molecule has 0 saturated carbocycles. The standard InChI is InChI=1S/C21H22Cl2N2O2S/c1-14(2)20-11-25(28-19-9-16(22)8-17(23)10-19)21(24-20)13-27-12-15-4-6-18(26-3)7-5-15/h4-11,14H,12-13H2,1-3H3. The van der Waals surface area contributed by atoms with Crippen molar-refractivity contribution in [2.24, 2.45) is 0 Å². The van der Waals surface area contributed by atoms with Crippen molar-refractivity contribution in [1.29, 1.82) is 0 Å². The Labute approximate surface area is 179 Å². The second-order valence-electron chi connectivity index (χ2n) is 6.60. The molecule has 0 atom stereocenters. The van der Waals surface area contributed by atoms with Gasteiger partial charge < -0.3 is 9.47 Å². The molecule has 28 heavy (non-hydrogen) atoms. The minimum atomic E-state index is 0.324. The molecule has 0 spiro atoms. The monoisotopic (exact) mass is 436 g/mol. The van der Waals surface area contributed by atoms with Gasteiger partial charge >= 0.3 is 0 Å². The molecule has 0 bridgehead atoms. The second-order valence-corrected chi connectivity index (χ2v) is 8.52. The molecule has 0 saturated heterocycles. The van der Waals surface area contributed by atoms with E-state index in [9.17, 15) is 0 Å². The Balaban J connectivity index is 1.71. The van der Waals surface area contributed by atoms with Gasteiger partial charge in [-0.05, 0) is 53.8 Å². The van der Waals surface area contributed by atoms with E-state index in [2.05, 4.69) is 13.8 Å². The average molecular weight is 437 g/mol. The lowest BCUT2D eigenvalue weighted by atomic mass is 10.2. The van der Waals surface area contributed by atoms with Crippen LogP contribution in [0.4, 0.5) is 0 Å². The van der Waals surface area contributed by atoms with E-state index < -0.39 is 0 Å². The van der Waals surface area contributed by atoms with E-state index in [4.69, 9.17) is 37.7 Å². The van der Waals surface area contributed by atoms with E-state index in [1.54, 1.807) is 13.2 Å². The molecule has 0 amide bonds. The molecular formula is C21H22Cl2N2O2S. The van der Waals surface area contributed by atoms with Crippen LogP contribution in [0.25, 0.3) is 0 Å². The van der Waals surface area contributed by atoms with Crippen molar-refractivity contribution in [3.05, 3.63) is 75.8 Å². The smallest absolute Gasteiger partial charge is 0.145 e. The fourth-order valence-corrected chi connectivity index (χ4v) is 4.15. The quantitative estimate of drug-likeness (QED) is 0.398. The molecule has 0 aliphatic rings. The van der Waals surface area contributed by atoms with Crippen molar-refractivity contribution in [2.45, 2.75) is 37.9 Å². The van der Waals surface area contributed by atoms with E-state index in [0.717, 1.165) is 27.7 Å². The first kappa shape index (κ1) is 21.1. The average Bonchev–Trinajstić information content (AvgIpc) is 3.04. The number of benzene rings is 2. The van der Waals surface area contributed by atoms with E-state index in [-0.39, 0.29) is 0 Å². The van der Waals surface area contributed by atoms with Crippen LogP contribution < -0.4 is 4.74 Å². The first-order valence-electron chi connectivity index (χ1n) is 8.88. The highest BCUT2D eigenvalue weighted by atomic mass is 35.5. The van der Waals surface area contributed by atoms with Gasteiger partial charge in [0.15, 0.2) is 0 Å². The number of rotatable bonds is 8. The van der Waals surface area contributed by atoms with Gasteiger partial charge in [-0.2, -0.15) is 0 Å². The molecule has 0 radical (unpaired) electrons. The normalized spacial score (nSPS) is 11.2. The largest absolute Gasteiger partial charge is 0.497 e. The van der Waals surface area contributed by atoms with E-state index in [0.29, 0.717) is 29.2 Å². The highest BCUT2D eigenvalue weighted by Crippen LogP contribution is 2.30. The van der Waals surface area contributed by atoms with Gasteiger partial charge in [0.05, 0.1) is 19.4 Å². The van der Waals surface area contributed by atoms with Crippen molar-refractivity contribution in [1.82, 2.24) is 8.96 Å². The number of aromatic nitrogens is 2. The van der Waals surface area contributed by atoms with Crippen molar-refractivity contribution >= 4 is 35.1 Å². The van der Waals surface area contributed by atoms with Gasteiger partial charge in [0, 0.05) is 21.1 Å². The number of ether oxygens (including phenoxy) is 2. The van der Waals surface area contributed by atoms with Gasteiger partial charge in [0.1, 0.15) is 18.2 Å². The van der Waals surface area contributed by atoms with Crippen LogP contribution in [0.1, 0.15) is 36.8 Å². The lowest BCUT2D eigenvalue weighted by molar-refractivity contribution is 0.101. The zero-order valence-electron chi connectivity index (χ0n) is 16.0. The van der Waals surface area contributed by atoms with Crippen LogP contribution in [0.2, 0.25) is 10.0 Å². The molecule has 0 fully saturated rings. The molecule has 3 aromatic rings. The van der Waals surface area contributed by atoms with Gasteiger partial charge in [-0.25, -0.2) is 4.98 Å². The van der Waals surface area contributed by atoms with Crippen LogP contribution in [-0.4, -0.2) is 16.1 Å². The van der Waals surface area contributed by atoms with Crippen molar-refractivity contribution in [2.75, 3.05) is 7.11 Å². The van der Waals surface area contributed by atoms with E-state index in [1.165, 1.54) is 11.9 Å². The lowest BCUT2D eigenvalue weighted by Crippen LogP contribution is -2.01. The van der Waals surface area contributed by atoms with E-state index in [1.807, 2.05) is 46.6 Å². The number of nitrogens with zero attached hydrogens (tertiary/aromatic N) is 2. The minimum absolute atomic E-state index is 0.324. The third-order valence-corrected chi connectivity index (χ3v) is 5.45. The first-order valence-corrected chi connectivity index (χ1v) is 10.4. The molecule has 148 valence electrons. The summed E-state index contributed by atoms with van der Waals surface area (Å²) < 4.78 is 13.1. The predicted molar refractivity (Wildman–Crippen MR) is 116 cm³/mol. The number of hydrogen-bond acceptors (Lipinski definition) is 4.